The summed E-state index contributed by atoms with van der Waals surface area (Å²) in [4.78, 5) is 34.1. The van der Waals surface area contributed by atoms with E-state index < -0.39 is 23.8 Å². The van der Waals surface area contributed by atoms with E-state index in [2.05, 4.69) is 15.2 Å². The summed E-state index contributed by atoms with van der Waals surface area (Å²) in [5, 5.41) is 3.49. The van der Waals surface area contributed by atoms with Crippen molar-refractivity contribution >= 4 is 35.1 Å². The van der Waals surface area contributed by atoms with Gasteiger partial charge in [-0.2, -0.15) is 0 Å². The van der Waals surface area contributed by atoms with Crippen molar-refractivity contribution in [1.82, 2.24) is 10.2 Å². The molecule has 3 heterocycles. The van der Waals surface area contributed by atoms with Gasteiger partial charge in [0.05, 0.1) is 12.9 Å². The summed E-state index contributed by atoms with van der Waals surface area (Å²) in [6, 6.07) is 10.4. The van der Waals surface area contributed by atoms with E-state index in [0.717, 1.165) is 18.8 Å². The second-order valence-corrected chi connectivity index (χ2v) is 7.52. The fourth-order valence-corrected chi connectivity index (χ4v) is 3.84. The molecule has 1 amide bonds. The number of hydrogen-bond donors (Lipinski definition) is 1. The summed E-state index contributed by atoms with van der Waals surface area (Å²) in [7, 11) is 0. The van der Waals surface area contributed by atoms with Gasteiger partial charge in [-0.3, -0.25) is 14.9 Å². The lowest BCUT2D eigenvalue weighted by molar-refractivity contribution is -0.153. The molecule has 0 aliphatic carbocycles. The van der Waals surface area contributed by atoms with Crippen molar-refractivity contribution in [2.24, 2.45) is 10.9 Å². The Labute approximate surface area is 179 Å². The minimum Gasteiger partial charge on any atom is -0.467 e. The summed E-state index contributed by atoms with van der Waals surface area (Å²) in [5.74, 6) is -1.19. The fourth-order valence-electron chi connectivity index (χ4n) is 3.71. The number of nitrogens with zero attached hydrogens (tertiary/aromatic N) is 3. The first-order valence-electron chi connectivity index (χ1n) is 9.91. The van der Waals surface area contributed by atoms with Crippen LogP contribution in [0.2, 0.25) is 5.02 Å². The van der Waals surface area contributed by atoms with Gasteiger partial charge in [0.25, 0.3) is 0 Å². The van der Waals surface area contributed by atoms with Crippen LogP contribution in [0.5, 0.6) is 0 Å². The highest BCUT2D eigenvalue weighted by molar-refractivity contribution is 6.30. The largest absolute Gasteiger partial charge is 0.467 e. The Kier molecular flexibility index (Phi) is 5.94. The van der Waals surface area contributed by atoms with Gasteiger partial charge in [0.2, 0.25) is 11.9 Å². The number of ether oxygens (including phenoxy) is 1. The number of anilines is 1. The van der Waals surface area contributed by atoms with E-state index in [4.69, 9.17) is 20.8 Å². The van der Waals surface area contributed by atoms with Gasteiger partial charge in [-0.15, -0.1) is 0 Å². The van der Waals surface area contributed by atoms with E-state index in [-0.39, 0.29) is 6.61 Å². The third-order valence-electron chi connectivity index (χ3n) is 5.24. The summed E-state index contributed by atoms with van der Waals surface area (Å²) in [5.41, 5.74) is 1.10. The number of carbonyl (C=O) groups is 2. The predicted octanol–water partition coefficient (Wildman–Crippen LogP) is 2.46. The Morgan fingerprint density at radius 3 is 2.53 bits per heavy atom. The van der Waals surface area contributed by atoms with E-state index in [1.54, 1.807) is 19.1 Å². The molecule has 1 aromatic carbocycles. The molecule has 1 saturated heterocycles. The molecule has 0 radical (unpaired) electrons. The first-order chi connectivity index (χ1) is 14.6. The lowest BCUT2D eigenvalue weighted by atomic mass is 9.95. The fraction of sp³-hybridized carbons (Fsp3) is 0.381. The molecule has 0 unspecified atom stereocenters. The van der Waals surface area contributed by atoms with Crippen LogP contribution in [0.15, 0.2) is 52.1 Å². The van der Waals surface area contributed by atoms with Crippen LogP contribution in [0.1, 0.15) is 18.7 Å². The molecule has 1 N–H and O–H groups in total. The molecule has 2 aliphatic rings. The molecule has 2 atom stereocenters. The number of furan rings is 1. The highest BCUT2D eigenvalue weighted by atomic mass is 35.5. The first-order valence-corrected chi connectivity index (χ1v) is 10.3. The number of halogens is 1. The number of rotatable bonds is 4. The molecule has 2 aromatic rings. The zero-order valence-electron chi connectivity index (χ0n) is 16.6. The Balaban J connectivity index is 1.51. The van der Waals surface area contributed by atoms with Crippen molar-refractivity contribution in [3.63, 3.8) is 0 Å². The third-order valence-corrected chi connectivity index (χ3v) is 5.49. The summed E-state index contributed by atoms with van der Waals surface area (Å²) in [6.45, 7) is 4.78. The third kappa shape index (κ3) is 4.14. The molecule has 2 aliphatic heterocycles. The smallest absolute Gasteiger partial charge is 0.321 e. The van der Waals surface area contributed by atoms with Crippen molar-refractivity contribution in [3.8, 4) is 0 Å². The molecule has 0 spiro atoms. The molecule has 0 bridgehead atoms. The number of guanidine groups is 1. The Morgan fingerprint density at radius 2 is 1.90 bits per heavy atom. The van der Waals surface area contributed by atoms with Gasteiger partial charge in [-0.1, -0.05) is 11.6 Å². The highest BCUT2D eigenvalue weighted by Gasteiger charge is 2.43. The minimum atomic E-state index is -1.07. The number of aliphatic imine (C=N–C) groups is 1. The van der Waals surface area contributed by atoms with E-state index in [9.17, 15) is 9.59 Å². The van der Waals surface area contributed by atoms with E-state index in [0.29, 0.717) is 29.8 Å². The number of benzene rings is 1. The zero-order chi connectivity index (χ0) is 21.1. The van der Waals surface area contributed by atoms with Crippen molar-refractivity contribution in [2.45, 2.75) is 13.0 Å². The van der Waals surface area contributed by atoms with Crippen LogP contribution in [-0.2, 0) is 14.3 Å². The lowest BCUT2D eigenvalue weighted by Gasteiger charge is -2.39. The van der Waals surface area contributed by atoms with Gasteiger partial charge < -0.3 is 19.0 Å². The maximum atomic E-state index is 12.8. The van der Waals surface area contributed by atoms with Gasteiger partial charge in [0.15, 0.2) is 5.92 Å². The number of carbonyl (C=O) groups excluding carboxylic acids is 2. The van der Waals surface area contributed by atoms with E-state index in [1.807, 2.05) is 29.2 Å². The summed E-state index contributed by atoms with van der Waals surface area (Å²) < 4.78 is 10.6. The molecular formula is C21H23ClN4O4. The lowest BCUT2D eigenvalue weighted by Crippen LogP contribution is -2.57. The Bertz CT molecular complexity index is 921. The molecule has 1 fully saturated rings. The quantitative estimate of drug-likeness (QED) is 0.592. The summed E-state index contributed by atoms with van der Waals surface area (Å²) >= 11 is 5.98. The summed E-state index contributed by atoms with van der Waals surface area (Å²) in [6.07, 6.45) is 1.50. The Hall–Kier alpha value is -3.00. The second kappa shape index (κ2) is 8.79. The van der Waals surface area contributed by atoms with Crippen LogP contribution in [0, 0.1) is 5.92 Å². The normalized spacial score (nSPS) is 21.8. The van der Waals surface area contributed by atoms with Gasteiger partial charge >= 0.3 is 5.97 Å². The minimum absolute atomic E-state index is 0.191. The van der Waals surface area contributed by atoms with Crippen molar-refractivity contribution in [1.29, 1.82) is 0 Å². The molecule has 1 aromatic heterocycles. The van der Waals surface area contributed by atoms with E-state index >= 15 is 0 Å². The SMILES string of the molecule is CCOC(=O)[C@@H]1C(=O)NC(N2CCN(c3ccc(Cl)cc3)CC2)=N[C@@H]1c1ccco1. The van der Waals surface area contributed by atoms with Gasteiger partial charge in [0.1, 0.15) is 11.8 Å². The van der Waals surface area contributed by atoms with Crippen LogP contribution in [0.4, 0.5) is 5.69 Å². The second-order valence-electron chi connectivity index (χ2n) is 7.08. The number of piperazine rings is 1. The van der Waals surface area contributed by atoms with E-state index in [1.165, 1.54) is 6.26 Å². The van der Waals surface area contributed by atoms with Crippen LogP contribution in [0.25, 0.3) is 0 Å². The predicted molar refractivity (Wildman–Crippen MR) is 112 cm³/mol. The molecule has 4 rings (SSSR count). The van der Waals surface area contributed by atoms with Crippen molar-refractivity contribution < 1.29 is 18.7 Å². The molecule has 158 valence electrons. The van der Waals surface area contributed by atoms with Gasteiger partial charge in [-0.05, 0) is 43.3 Å². The maximum Gasteiger partial charge on any atom is 0.321 e. The maximum absolute atomic E-state index is 12.8. The average Bonchev–Trinajstić information content (AvgIpc) is 3.29. The molecular weight excluding hydrogens is 408 g/mol. The number of amides is 1. The number of nitrogens with one attached hydrogen (secondary N) is 1. The highest BCUT2D eigenvalue weighted by Crippen LogP contribution is 2.31. The topological polar surface area (TPSA) is 87.4 Å². The average molecular weight is 431 g/mol. The molecule has 9 heteroatoms. The molecule has 0 saturated carbocycles. The van der Waals surface area contributed by atoms with Crippen LogP contribution in [0.3, 0.4) is 0 Å². The Morgan fingerprint density at radius 1 is 1.20 bits per heavy atom. The van der Waals surface area contributed by atoms with Crippen molar-refractivity contribution in [2.75, 3.05) is 37.7 Å². The van der Waals surface area contributed by atoms with Crippen molar-refractivity contribution in [3.05, 3.63) is 53.4 Å². The molecule has 30 heavy (non-hydrogen) atoms. The monoisotopic (exact) mass is 430 g/mol. The first kappa shape index (κ1) is 20.3. The van der Waals surface area contributed by atoms with Crippen LogP contribution in [-0.4, -0.2) is 55.5 Å². The van der Waals surface area contributed by atoms with Gasteiger partial charge in [0, 0.05) is 36.9 Å². The van der Waals surface area contributed by atoms with Crippen LogP contribution >= 0.6 is 11.6 Å². The standard InChI is InChI=1S/C21H23ClN4O4/c1-2-29-20(28)17-18(16-4-3-13-30-16)23-21(24-19(17)27)26-11-9-25(10-12-26)15-7-5-14(22)6-8-15/h3-8,13,17-18H,2,9-12H2,1H3,(H,23,24,27)/t17-,18+/m0/s1. The zero-order valence-corrected chi connectivity index (χ0v) is 17.3. The van der Waals surface area contributed by atoms with Crippen LogP contribution < -0.4 is 10.2 Å². The number of hydrogen-bond acceptors (Lipinski definition) is 7. The number of esters is 1. The van der Waals surface area contributed by atoms with Gasteiger partial charge in [-0.25, -0.2) is 4.99 Å². The molecule has 8 nitrogen and oxygen atoms in total.